The molecular weight excluding hydrogens is 533 g/mol. The molecule has 2 aliphatic heterocycles. The summed E-state index contributed by atoms with van der Waals surface area (Å²) in [6, 6.07) is 17.6. The molecule has 6 rings (SSSR count). The minimum absolute atomic E-state index is 0.160. The van der Waals surface area contributed by atoms with E-state index in [0.29, 0.717) is 11.7 Å². The van der Waals surface area contributed by atoms with Gasteiger partial charge >= 0.3 is 6.18 Å². The molecule has 1 aromatic heterocycles. The van der Waals surface area contributed by atoms with Crippen LogP contribution in [-0.2, 0) is 16.4 Å². The van der Waals surface area contributed by atoms with Crippen LogP contribution in [0.4, 0.5) is 24.7 Å². The maximum absolute atomic E-state index is 13.0. The van der Waals surface area contributed by atoms with Crippen LogP contribution in [0.3, 0.4) is 0 Å². The van der Waals surface area contributed by atoms with Gasteiger partial charge in [0.05, 0.1) is 11.0 Å². The number of aromatic nitrogens is 1. The number of benzene rings is 2. The molecule has 1 saturated heterocycles. The summed E-state index contributed by atoms with van der Waals surface area (Å²) in [4.78, 5) is 18.1. The van der Waals surface area contributed by atoms with Gasteiger partial charge in [-0.2, -0.15) is 13.2 Å². The van der Waals surface area contributed by atoms with Crippen molar-refractivity contribution in [2.75, 3.05) is 23.7 Å². The Kier molecular flexibility index (Phi) is 7.29. The number of nitrogens with one attached hydrogen (secondary N) is 2. The maximum Gasteiger partial charge on any atom is 0.417 e. The van der Waals surface area contributed by atoms with Crippen molar-refractivity contribution < 1.29 is 18.0 Å². The molecule has 40 heavy (non-hydrogen) atoms. The van der Waals surface area contributed by atoms with E-state index in [1.165, 1.54) is 6.07 Å². The molecule has 0 atom stereocenters. The molecule has 1 amide bonds. The lowest BCUT2D eigenvalue weighted by Gasteiger charge is -2.34. The van der Waals surface area contributed by atoms with Crippen molar-refractivity contribution in [2.24, 2.45) is 5.92 Å². The molecule has 5 nitrogen and oxygen atoms in total. The smallest absolute Gasteiger partial charge is 0.367 e. The van der Waals surface area contributed by atoms with Gasteiger partial charge in [0.2, 0.25) is 5.91 Å². The van der Waals surface area contributed by atoms with E-state index in [1.807, 2.05) is 0 Å². The highest BCUT2D eigenvalue weighted by Gasteiger charge is 2.48. The number of carbonyl (C=O) groups excluding carboxylic acids is 1. The Balaban J connectivity index is 1.05. The number of carbonyl (C=O) groups is 1. The minimum atomic E-state index is -4.37. The van der Waals surface area contributed by atoms with E-state index in [4.69, 9.17) is 0 Å². The Hall–Kier alpha value is -3.04. The number of halogens is 3. The number of amides is 1. The molecule has 2 fully saturated rings. The third kappa shape index (κ3) is 5.46. The summed E-state index contributed by atoms with van der Waals surface area (Å²) in [5, 5.41) is 6.41. The molecule has 1 spiro atoms. The number of anilines is 2. The second-order valence-corrected chi connectivity index (χ2v) is 12.5. The second kappa shape index (κ2) is 10.7. The fraction of sp³-hybridized carbons (Fsp3) is 0.419. The predicted octanol–water partition coefficient (Wildman–Crippen LogP) is 7.75. The second-order valence-electron chi connectivity index (χ2n) is 11.4. The fourth-order valence-corrected chi connectivity index (χ4v) is 7.10. The molecular formula is C31H33F3N4OS. The molecule has 0 unspecified atom stereocenters. The van der Waals surface area contributed by atoms with Crippen molar-refractivity contribution in [1.82, 2.24) is 9.29 Å². The average Bonchev–Trinajstić information content (AvgIpc) is 3.21. The first-order valence-electron chi connectivity index (χ1n) is 14.0. The number of fused-ring (bicyclic) bond motifs is 2. The zero-order valence-electron chi connectivity index (χ0n) is 22.4. The number of rotatable bonds is 5. The van der Waals surface area contributed by atoms with E-state index in [2.05, 4.69) is 69.3 Å². The summed E-state index contributed by atoms with van der Waals surface area (Å²) in [5.74, 6) is 1.31. The molecule has 0 bridgehead atoms. The van der Waals surface area contributed by atoms with E-state index in [9.17, 15) is 18.0 Å². The van der Waals surface area contributed by atoms with Crippen molar-refractivity contribution in [3.63, 3.8) is 0 Å². The van der Waals surface area contributed by atoms with Gasteiger partial charge in [0, 0.05) is 35.9 Å². The van der Waals surface area contributed by atoms with Gasteiger partial charge in [-0.1, -0.05) is 25.1 Å². The molecule has 1 aliphatic carbocycles. The van der Waals surface area contributed by atoms with Crippen LogP contribution in [0.2, 0.25) is 0 Å². The van der Waals surface area contributed by atoms with Crippen molar-refractivity contribution >= 4 is 29.4 Å². The summed E-state index contributed by atoms with van der Waals surface area (Å²) in [7, 11) is 0. The van der Waals surface area contributed by atoms with Gasteiger partial charge in [0.25, 0.3) is 0 Å². The van der Waals surface area contributed by atoms with E-state index < -0.39 is 11.7 Å². The fourth-order valence-electron chi connectivity index (χ4n) is 6.15. The van der Waals surface area contributed by atoms with E-state index in [0.717, 1.165) is 91.2 Å². The van der Waals surface area contributed by atoms with Gasteiger partial charge in [-0.15, -0.1) is 0 Å². The number of nitrogens with zero attached hydrogens (tertiary/aromatic N) is 2. The number of piperidine rings is 1. The topological polar surface area (TPSA) is 57.3 Å². The SMILES string of the molecule is CC1CCC2(CC1)C(=O)Nc1ccc(-c3ccc(SN4CCC(Nc5ccc(C(F)(F)F)cn5)CC4)cc3)cc12. The third-order valence-corrected chi connectivity index (χ3v) is 9.77. The van der Waals surface area contributed by atoms with E-state index >= 15 is 0 Å². The summed E-state index contributed by atoms with van der Waals surface area (Å²) < 4.78 is 40.6. The summed E-state index contributed by atoms with van der Waals surface area (Å²) in [6.07, 6.45) is 2.28. The lowest BCUT2D eigenvalue weighted by atomic mass is 9.67. The van der Waals surface area contributed by atoms with Crippen LogP contribution in [-0.4, -0.2) is 34.3 Å². The molecule has 0 radical (unpaired) electrons. The molecule has 9 heteroatoms. The van der Waals surface area contributed by atoms with Gasteiger partial charge in [0.15, 0.2) is 0 Å². The highest BCUT2D eigenvalue weighted by molar-refractivity contribution is 7.97. The van der Waals surface area contributed by atoms with Crippen LogP contribution in [0.5, 0.6) is 0 Å². The zero-order chi connectivity index (χ0) is 27.9. The largest absolute Gasteiger partial charge is 0.417 e. The Morgan fingerprint density at radius 1 is 0.975 bits per heavy atom. The van der Waals surface area contributed by atoms with E-state index in [1.54, 1.807) is 11.9 Å². The average molecular weight is 567 g/mol. The van der Waals surface area contributed by atoms with Gasteiger partial charge in [-0.25, -0.2) is 9.29 Å². The number of pyridine rings is 1. The summed E-state index contributed by atoms with van der Waals surface area (Å²) >= 11 is 1.73. The first-order chi connectivity index (χ1) is 19.2. The Bertz CT molecular complexity index is 1360. The highest BCUT2D eigenvalue weighted by atomic mass is 32.2. The maximum atomic E-state index is 13.0. The van der Waals surface area contributed by atoms with Crippen molar-refractivity contribution in [3.8, 4) is 11.1 Å². The Morgan fingerprint density at radius 2 is 1.68 bits per heavy atom. The van der Waals surface area contributed by atoms with Crippen LogP contribution in [0, 0.1) is 5.92 Å². The lowest BCUT2D eigenvalue weighted by Crippen LogP contribution is -2.37. The number of hydrogen-bond acceptors (Lipinski definition) is 5. The van der Waals surface area contributed by atoms with E-state index in [-0.39, 0.29) is 17.4 Å². The third-order valence-electron chi connectivity index (χ3n) is 8.66. The summed E-state index contributed by atoms with van der Waals surface area (Å²) in [5.41, 5.74) is 3.27. The molecule has 3 aliphatic rings. The molecule has 2 aromatic carbocycles. The van der Waals surface area contributed by atoms with Crippen molar-refractivity contribution in [1.29, 1.82) is 0 Å². The number of hydrogen-bond donors (Lipinski definition) is 2. The van der Waals surface area contributed by atoms with Gasteiger partial charge in [0.1, 0.15) is 5.82 Å². The lowest BCUT2D eigenvalue weighted by molar-refractivity contribution is -0.137. The molecule has 3 heterocycles. The molecule has 1 saturated carbocycles. The van der Waals surface area contributed by atoms with Gasteiger partial charge in [-0.3, -0.25) is 4.79 Å². The van der Waals surface area contributed by atoms with Crippen LogP contribution in [0.25, 0.3) is 11.1 Å². The van der Waals surface area contributed by atoms with Gasteiger partial charge < -0.3 is 10.6 Å². The van der Waals surface area contributed by atoms with Crippen LogP contribution < -0.4 is 10.6 Å². The monoisotopic (exact) mass is 566 g/mol. The Morgan fingerprint density at radius 3 is 2.33 bits per heavy atom. The van der Waals surface area contributed by atoms with Crippen molar-refractivity contribution in [3.05, 3.63) is 71.9 Å². The van der Waals surface area contributed by atoms with Crippen molar-refractivity contribution in [2.45, 2.75) is 68.0 Å². The number of alkyl halides is 3. The first kappa shape index (κ1) is 27.1. The minimum Gasteiger partial charge on any atom is -0.367 e. The predicted molar refractivity (Wildman–Crippen MR) is 153 cm³/mol. The standard InChI is InChI=1S/C31H33F3N4OS/c1-20-10-14-30(15-11-20)26-18-22(4-8-27(26)37-29(30)39)21-2-6-25(7-3-21)40-38-16-12-24(13-17-38)36-28-9-5-23(19-35-28)31(32,33)34/h2-9,18-20,24H,10-17H2,1H3,(H,35,36)(H,37,39). The Labute approximate surface area is 237 Å². The quantitative estimate of drug-likeness (QED) is 0.309. The normalized spacial score (nSPS) is 23.7. The van der Waals surface area contributed by atoms with Crippen LogP contribution in [0.1, 0.15) is 56.6 Å². The van der Waals surface area contributed by atoms with Crippen LogP contribution in [0.15, 0.2) is 65.7 Å². The molecule has 3 aromatic rings. The zero-order valence-corrected chi connectivity index (χ0v) is 23.2. The molecule has 210 valence electrons. The van der Waals surface area contributed by atoms with Crippen LogP contribution >= 0.6 is 11.9 Å². The first-order valence-corrected chi connectivity index (χ1v) is 14.8. The summed E-state index contributed by atoms with van der Waals surface area (Å²) in [6.45, 7) is 4.02. The highest BCUT2D eigenvalue weighted by Crippen LogP contribution is 2.49. The van der Waals surface area contributed by atoms with Gasteiger partial charge in [-0.05, 0) is 109 Å². The molecule has 2 N–H and O–H groups in total.